The maximum absolute atomic E-state index is 12.9. The summed E-state index contributed by atoms with van der Waals surface area (Å²) in [5.41, 5.74) is 0. The van der Waals surface area contributed by atoms with Gasteiger partial charge in [0, 0.05) is 19.3 Å². The van der Waals surface area contributed by atoms with Crippen LogP contribution in [-0.4, -0.2) is 37.2 Å². The van der Waals surface area contributed by atoms with Crippen molar-refractivity contribution < 1.29 is 28.6 Å². The molecule has 6 heteroatoms. The number of ether oxygens (including phenoxy) is 3. The highest BCUT2D eigenvalue weighted by molar-refractivity contribution is 5.71. The smallest absolute Gasteiger partial charge is 0.306 e. The molecule has 0 aromatic heterocycles. The van der Waals surface area contributed by atoms with E-state index in [9.17, 15) is 14.4 Å². The molecule has 1 atom stereocenters. The van der Waals surface area contributed by atoms with Crippen LogP contribution in [0.5, 0.6) is 0 Å². The Labute approximate surface area is 483 Å². The van der Waals surface area contributed by atoms with Crippen LogP contribution in [0.4, 0.5) is 0 Å². The molecule has 0 rings (SSSR count). The van der Waals surface area contributed by atoms with Gasteiger partial charge < -0.3 is 14.2 Å². The second-order valence-corrected chi connectivity index (χ2v) is 22.0. The van der Waals surface area contributed by atoms with Crippen molar-refractivity contribution in [1.82, 2.24) is 0 Å². The minimum atomic E-state index is -0.825. The van der Waals surface area contributed by atoms with Gasteiger partial charge in [0.1, 0.15) is 13.2 Å². The Hall–Kier alpha value is -3.67. The van der Waals surface area contributed by atoms with Gasteiger partial charge in [0.15, 0.2) is 6.10 Å². The van der Waals surface area contributed by atoms with Crippen molar-refractivity contribution in [1.29, 1.82) is 0 Å². The number of rotatable bonds is 60. The molecule has 0 saturated carbocycles. The molecule has 0 aliphatic rings. The molecule has 1 unspecified atom stereocenters. The molecule has 0 heterocycles. The highest BCUT2D eigenvalue weighted by atomic mass is 16.6. The van der Waals surface area contributed by atoms with Crippen LogP contribution in [-0.2, 0) is 28.6 Å². The first-order valence-electron chi connectivity index (χ1n) is 33.2. The van der Waals surface area contributed by atoms with Crippen LogP contribution in [0.2, 0.25) is 0 Å². The fourth-order valence-electron chi connectivity index (χ4n) is 9.38. The van der Waals surface area contributed by atoms with E-state index in [1.54, 1.807) is 0 Å². The van der Waals surface area contributed by atoms with Gasteiger partial charge in [-0.15, -0.1) is 0 Å². The van der Waals surface area contributed by atoms with E-state index in [1.165, 1.54) is 173 Å². The zero-order chi connectivity index (χ0) is 56.4. The molecular weight excluding hydrogens is 961 g/mol. The Balaban J connectivity index is 4.41. The van der Waals surface area contributed by atoms with E-state index in [0.717, 1.165) is 103 Å². The van der Waals surface area contributed by atoms with E-state index < -0.39 is 12.1 Å². The summed E-state index contributed by atoms with van der Waals surface area (Å²) in [6, 6.07) is 0. The summed E-state index contributed by atoms with van der Waals surface area (Å²) in [4.78, 5) is 38.3. The maximum atomic E-state index is 12.9. The van der Waals surface area contributed by atoms with Crippen molar-refractivity contribution >= 4 is 17.9 Å². The monoisotopic (exact) mass is 1080 g/mol. The van der Waals surface area contributed by atoms with E-state index in [2.05, 4.69) is 112 Å². The molecule has 0 spiro atoms. The van der Waals surface area contributed by atoms with Crippen molar-refractivity contribution in [3.63, 3.8) is 0 Å². The molecule has 0 fully saturated rings. The van der Waals surface area contributed by atoms with Crippen LogP contribution in [0, 0.1) is 0 Å². The van der Waals surface area contributed by atoms with Gasteiger partial charge in [0.2, 0.25) is 0 Å². The van der Waals surface area contributed by atoms with Crippen molar-refractivity contribution in [3.05, 3.63) is 97.2 Å². The van der Waals surface area contributed by atoms with Crippen LogP contribution in [0.15, 0.2) is 97.2 Å². The molecule has 6 nitrogen and oxygen atoms in total. The van der Waals surface area contributed by atoms with Gasteiger partial charge in [-0.1, -0.05) is 311 Å². The van der Waals surface area contributed by atoms with Crippen molar-refractivity contribution in [2.45, 2.75) is 329 Å². The summed E-state index contributed by atoms with van der Waals surface area (Å²) in [6.07, 6.45) is 88.7. The molecular formula is C72H124O6. The second kappa shape index (κ2) is 65.8. The van der Waals surface area contributed by atoms with E-state index in [1.807, 2.05) is 6.08 Å². The first kappa shape index (κ1) is 74.3. The summed E-state index contributed by atoms with van der Waals surface area (Å²) in [6.45, 7) is 6.47. The number of hydrogen-bond acceptors (Lipinski definition) is 6. The highest BCUT2D eigenvalue weighted by Crippen LogP contribution is 2.17. The Bertz CT molecular complexity index is 1530. The maximum Gasteiger partial charge on any atom is 0.306 e. The summed E-state index contributed by atoms with van der Waals surface area (Å²) in [7, 11) is 0. The average Bonchev–Trinajstić information content (AvgIpc) is 3.44. The fraction of sp³-hybridized carbons (Fsp3) is 0.736. The number of carbonyl (C=O) groups excluding carboxylic acids is 3. The Morgan fingerprint density at radius 3 is 0.846 bits per heavy atom. The largest absolute Gasteiger partial charge is 0.462 e. The Kier molecular flexibility index (Phi) is 62.7. The van der Waals surface area contributed by atoms with E-state index in [0.29, 0.717) is 19.3 Å². The lowest BCUT2D eigenvalue weighted by molar-refractivity contribution is -0.166. The summed E-state index contributed by atoms with van der Waals surface area (Å²) >= 11 is 0. The lowest BCUT2D eigenvalue weighted by Crippen LogP contribution is -2.30. The van der Waals surface area contributed by atoms with Gasteiger partial charge >= 0.3 is 17.9 Å². The van der Waals surface area contributed by atoms with E-state index in [-0.39, 0.29) is 31.6 Å². The lowest BCUT2D eigenvalue weighted by atomic mass is 10.0. The SMILES string of the molecule is CC/C=C\C/C=C\C/C=C\C/C=C\C/C=C\C/C=C\CCC(=O)OC(COC(=O)CCCCCCC/C=C\C/C=C\CCCCCC)COC(=O)CCCCCCCCCCCCCCCCCCCCCCCCCCC. The van der Waals surface area contributed by atoms with Crippen LogP contribution in [0.3, 0.4) is 0 Å². The molecule has 0 saturated heterocycles. The summed E-state index contributed by atoms with van der Waals surface area (Å²) in [5, 5.41) is 0. The quantitative estimate of drug-likeness (QED) is 0.0261. The third-order valence-electron chi connectivity index (χ3n) is 14.3. The molecule has 0 aromatic rings. The molecule has 0 aromatic carbocycles. The Morgan fingerprint density at radius 1 is 0.269 bits per heavy atom. The van der Waals surface area contributed by atoms with Crippen LogP contribution in [0.25, 0.3) is 0 Å². The predicted octanol–water partition coefficient (Wildman–Crippen LogP) is 22.8. The standard InChI is InChI=1S/C72H124O6/c1-4-7-10-13-16-19-22-25-28-31-33-34-35-36-37-38-40-41-44-47-50-53-56-59-62-65-71(74)77-68-69(67-76-70(73)64-61-58-55-52-49-46-43-30-27-24-21-18-15-12-9-6-3)78-72(75)66-63-60-57-54-51-48-45-42-39-32-29-26-23-20-17-14-11-8-5-2/h8,11,17,20-21,24,26,29-30,39,42-43,48,51,57,60,69H,4-7,9-10,12-16,18-19,22-23,25,27-28,31-38,40-41,44-47,49-50,52-56,58-59,61-68H2,1-3H3/b11-8-,20-17-,24-21-,29-26-,42-39-,43-30-,51-48-,60-57-. The molecule has 0 radical (unpaired) electrons. The molecule has 0 bridgehead atoms. The minimum Gasteiger partial charge on any atom is -0.462 e. The summed E-state index contributed by atoms with van der Waals surface area (Å²) < 4.78 is 16.9. The zero-order valence-corrected chi connectivity index (χ0v) is 51.4. The topological polar surface area (TPSA) is 78.9 Å². The predicted molar refractivity (Wildman–Crippen MR) is 339 cm³/mol. The van der Waals surface area contributed by atoms with Gasteiger partial charge in [0.25, 0.3) is 0 Å². The number of unbranched alkanes of at least 4 members (excludes halogenated alkanes) is 33. The molecule has 448 valence electrons. The zero-order valence-electron chi connectivity index (χ0n) is 51.4. The number of esters is 3. The number of carbonyl (C=O) groups is 3. The highest BCUT2D eigenvalue weighted by Gasteiger charge is 2.19. The van der Waals surface area contributed by atoms with Crippen LogP contribution < -0.4 is 0 Å². The van der Waals surface area contributed by atoms with Gasteiger partial charge in [-0.2, -0.15) is 0 Å². The second-order valence-electron chi connectivity index (χ2n) is 22.0. The third-order valence-corrected chi connectivity index (χ3v) is 14.3. The Morgan fingerprint density at radius 2 is 0.526 bits per heavy atom. The van der Waals surface area contributed by atoms with Crippen molar-refractivity contribution in [2.24, 2.45) is 0 Å². The van der Waals surface area contributed by atoms with Gasteiger partial charge in [-0.3, -0.25) is 14.4 Å². The van der Waals surface area contributed by atoms with Crippen LogP contribution >= 0.6 is 0 Å². The number of hydrogen-bond donors (Lipinski definition) is 0. The first-order valence-corrected chi connectivity index (χ1v) is 33.2. The lowest BCUT2D eigenvalue weighted by Gasteiger charge is -2.18. The van der Waals surface area contributed by atoms with Crippen LogP contribution in [0.1, 0.15) is 323 Å². The van der Waals surface area contributed by atoms with E-state index >= 15 is 0 Å². The number of allylic oxidation sites excluding steroid dienone is 16. The van der Waals surface area contributed by atoms with E-state index in [4.69, 9.17) is 14.2 Å². The molecule has 0 aliphatic heterocycles. The molecule has 0 aliphatic carbocycles. The molecule has 0 N–H and O–H groups in total. The third kappa shape index (κ3) is 63.2. The van der Waals surface area contributed by atoms with Gasteiger partial charge in [-0.05, 0) is 89.9 Å². The average molecular weight is 1090 g/mol. The molecule has 78 heavy (non-hydrogen) atoms. The minimum absolute atomic E-state index is 0.110. The molecule has 0 amide bonds. The first-order chi connectivity index (χ1) is 38.5. The normalized spacial score (nSPS) is 12.7. The van der Waals surface area contributed by atoms with Gasteiger partial charge in [-0.25, -0.2) is 0 Å². The fourth-order valence-corrected chi connectivity index (χ4v) is 9.38. The van der Waals surface area contributed by atoms with Gasteiger partial charge in [0.05, 0.1) is 0 Å². The summed E-state index contributed by atoms with van der Waals surface area (Å²) in [5.74, 6) is -0.997. The van der Waals surface area contributed by atoms with Crippen molar-refractivity contribution in [3.8, 4) is 0 Å². The van der Waals surface area contributed by atoms with Crippen molar-refractivity contribution in [2.75, 3.05) is 13.2 Å².